The van der Waals surface area contributed by atoms with Crippen LogP contribution in [0.3, 0.4) is 0 Å². The largest absolute Gasteiger partial charge is 0.452 e. The third-order valence-electron chi connectivity index (χ3n) is 4.66. The molecule has 0 saturated carbocycles. The second-order valence-electron chi connectivity index (χ2n) is 6.84. The maximum Gasteiger partial charge on any atom is 0.420 e. The fourth-order valence-corrected chi connectivity index (χ4v) is 2.86. The summed E-state index contributed by atoms with van der Waals surface area (Å²) in [6, 6.07) is 12.4. The average Bonchev–Trinajstić information content (AvgIpc) is 2.74. The Morgan fingerprint density at radius 2 is 1.70 bits per heavy atom. The molecular formula is C23H23N3O4. The lowest BCUT2D eigenvalue weighted by molar-refractivity contribution is -0.117. The van der Waals surface area contributed by atoms with Gasteiger partial charge in [0, 0.05) is 24.2 Å². The molecule has 154 valence electrons. The highest BCUT2D eigenvalue weighted by Gasteiger charge is 2.26. The van der Waals surface area contributed by atoms with Crippen LogP contribution in [0.5, 0.6) is 11.6 Å². The monoisotopic (exact) mass is 405 g/mol. The Labute approximate surface area is 175 Å². The molecule has 1 aromatic carbocycles. The van der Waals surface area contributed by atoms with Gasteiger partial charge in [-0.05, 0) is 55.7 Å². The van der Waals surface area contributed by atoms with Crippen LogP contribution in [0.15, 0.2) is 54.9 Å². The van der Waals surface area contributed by atoms with Crippen LogP contribution in [0, 0.1) is 20.8 Å². The number of methoxy groups -OCH3 is 1. The van der Waals surface area contributed by atoms with Gasteiger partial charge >= 0.3 is 6.09 Å². The minimum absolute atomic E-state index is 0.0268. The molecule has 2 amide bonds. The molecule has 0 saturated heterocycles. The van der Waals surface area contributed by atoms with E-state index in [-0.39, 0.29) is 6.42 Å². The van der Waals surface area contributed by atoms with E-state index in [1.54, 1.807) is 48.8 Å². The molecule has 0 radical (unpaired) electrons. The first-order valence-corrected chi connectivity index (χ1v) is 9.41. The number of benzene rings is 1. The van der Waals surface area contributed by atoms with E-state index in [2.05, 4.69) is 9.97 Å². The van der Waals surface area contributed by atoms with Gasteiger partial charge in [0.05, 0.1) is 19.2 Å². The number of rotatable bonds is 5. The summed E-state index contributed by atoms with van der Waals surface area (Å²) in [5.41, 5.74) is 3.73. The number of carbonyl (C=O) groups is 2. The molecule has 0 aliphatic rings. The third kappa shape index (κ3) is 4.81. The highest BCUT2D eigenvalue weighted by Crippen LogP contribution is 2.24. The molecule has 7 heteroatoms. The third-order valence-corrected chi connectivity index (χ3v) is 4.66. The van der Waals surface area contributed by atoms with E-state index in [9.17, 15) is 9.59 Å². The molecule has 3 rings (SSSR count). The number of nitrogens with zero attached hydrogens (tertiary/aromatic N) is 3. The summed E-state index contributed by atoms with van der Waals surface area (Å²) in [4.78, 5) is 34.7. The standard InChI is InChI=1S/C23H23N3O4/c1-15-5-10-21(25-14-15)30-19-8-6-18(7-9-19)13-22(27)26(23(28)29-4)20-11-12-24-17(3)16(20)2/h5-12,14H,13H2,1-4H3. The molecule has 2 heterocycles. The summed E-state index contributed by atoms with van der Waals surface area (Å²) in [5, 5.41) is 0. The van der Waals surface area contributed by atoms with Gasteiger partial charge in [-0.1, -0.05) is 18.2 Å². The van der Waals surface area contributed by atoms with Gasteiger partial charge in [0.1, 0.15) is 5.75 Å². The molecule has 3 aromatic rings. The van der Waals surface area contributed by atoms with E-state index in [1.165, 1.54) is 7.11 Å². The normalized spacial score (nSPS) is 10.4. The average molecular weight is 405 g/mol. The van der Waals surface area contributed by atoms with Crippen LogP contribution in [0.2, 0.25) is 0 Å². The number of pyridine rings is 2. The van der Waals surface area contributed by atoms with E-state index < -0.39 is 12.0 Å². The molecule has 7 nitrogen and oxygen atoms in total. The Balaban J connectivity index is 1.76. The minimum atomic E-state index is -0.737. The summed E-state index contributed by atoms with van der Waals surface area (Å²) in [7, 11) is 1.25. The number of hydrogen-bond donors (Lipinski definition) is 0. The number of anilines is 1. The summed E-state index contributed by atoms with van der Waals surface area (Å²) < 4.78 is 10.5. The molecular weight excluding hydrogens is 382 g/mol. The molecule has 0 bridgehead atoms. The summed E-state index contributed by atoms with van der Waals surface area (Å²) in [6.45, 7) is 5.58. The number of imide groups is 1. The van der Waals surface area contributed by atoms with Crippen LogP contribution in [-0.4, -0.2) is 29.1 Å². The maximum absolute atomic E-state index is 12.9. The Morgan fingerprint density at radius 3 is 2.33 bits per heavy atom. The van der Waals surface area contributed by atoms with E-state index in [0.717, 1.165) is 27.3 Å². The first-order valence-electron chi connectivity index (χ1n) is 9.41. The molecule has 0 fully saturated rings. The fourth-order valence-electron chi connectivity index (χ4n) is 2.86. The van der Waals surface area contributed by atoms with E-state index >= 15 is 0 Å². The minimum Gasteiger partial charge on any atom is -0.452 e. The zero-order valence-electron chi connectivity index (χ0n) is 17.4. The first kappa shape index (κ1) is 21.0. The Kier molecular flexibility index (Phi) is 6.41. The van der Waals surface area contributed by atoms with Gasteiger partial charge in [0.2, 0.25) is 11.8 Å². The van der Waals surface area contributed by atoms with Crippen LogP contribution in [0.4, 0.5) is 10.5 Å². The van der Waals surface area contributed by atoms with Gasteiger partial charge in [0.15, 0.2) is 0 Å². The highest BCUT2D eigenvalue weighted by molar-refractivity contribution is 6.13. The van der Waals surface area contributed by atoms with Gasteiger partial charge in [-0.25, -0.2) is 14.7 Å². The summed E-state index contributed by atoms with van der Waals surface area (Å²) in [5.74, 6) is 0.697. The van der Waals surface area contributed by atoms with Gasteiger partial charge in [-0.3, -0.25) is 9.78 Å². The Morgan fingerprint density at radius 1 is 0.967 bits per heavy atom. The number of aromatic nitrogens is 2. The van der Waals surface area contributed by atoms with Crippen molar-refractivity contribution < 1.29 is 19.1 Å². The smallest absolute Gasteiger partial charge is 0.420 e. The fraction of sp³-hybridized carbons (Fsp3) is 0.217. The molecule has 0 aliphatic heterocycles. The van der Waals surface area contributed by atoms with Gasteiger partial charge < -0.3 is 9.47 Å². The van der Waals surface area contributed by atoms with Gasteiger partial charge in [-0.15, -0.1) is 0 Å². The van der Waals surface area contributed by atoms with Crippen LogP contribution in [0.25, 0.3) is 0 Å². The van der Waals surface area contributed by atoms with Crippen molar-refractivity contribution in [3.05, 3.63) is 77.2 Å². The number of ether oxygens (including phenoxy) is 2. The van der Waals surface area contributed by atoms with Crippen molar-refractivity contribution in [2.75, 3.05) is 12.0 Å². The topological polar surface area (TPSA) is 81.6 Å². The summed E-state index contributed by atoms with van der Waals surface area (Å²) in [6.07, 6.45) is 2.58. The van der Waals surface area contributed by atoms with Gasteiger partial charge in [-0.2, -0.15) is 0 Å². The number of aryl methyl sites for hydroxylation is 2. The second kappa shape index (κ2) is 9.17. The maximum atomic E-state index is 12.9. The predicted octanol–water partition coefficient (Wildman–Crippen LogP) is 4.54. The van der Waals surface area contributed by atoms with E-state index in [0.29, 0.717) is 17.3 Å². The second-order valence-corrected chi connectivity index (χ2v) is 6.84. The molecule has 2 aromatic heterocycles. The molecule has 0 N–H and O–H groups in total. The predicted molar refractivity (Wildman–Crippen MR) is 113 cm³/mol. The number of amides is 2. The zero-order chi connectivity index (χ0) is 21.7. The number of carbonyl (C=O) groups excluding carboxylic acids is 2. The SMILES string of the molecule is COC(=O)N(C(=O)Cc1ccc(Oc2ccc(C)cn2)cc1)c1ccnc(C)c1C. The summed E-state index contributed by atoms with van der Waals surface area (Å²) >= 11 is 0. The number of hydrogen-bond acceptors (Lipinski definition) is 6. The van der Waals surface area contributed by atoms with Crippen molar-refractivity contribution in [2.24, 2.45) is 0 Å². The molecule has 30 heavy (non-hydrogen) atoms. The van der Waals surface area contributed by atoms with E-state index in [4.69, 9.17) is 9.47 Å². The van der Waals surface area contributed by atoms with Crippen molar-refractivity contribution >= 4 is 17.7 Å². The van der Waals surface area contributed by atoms with E-state index in [1.807, 2.05) is 26.8 Å². The van der Waals surface area contributed by atoms with Crippen molar-refractivity contribution in [2.45, 2.75) is 27.2 Å². The van der Waals surface area contributed by atoms with Gasteiger partial charge in [0.25, 0.3) is 0 Å². The van der Waals surface area contributed by atoms with Crippen LogP contribution in [-0.2, 0) is 16.0 Å². The van der Waals surface area contributed by atoms with Crippen molar-refractivity contribution in [3.63, 3.8) is 0 Å². The molecule has 0 aliphatic carbocycles. The molecule has 0 atom stereocenters. The van der Waals surface area contributed by atoms with Crippen molar-refractivity contribution in [3.8, 4) is 11.6 Å². The lowest BCUT2D eigenvalue weighted by atomic mass is 10.1. The molecule has 0 unspecified atom stereocenters. The van der Waals surface area contributed by atoms with Crippen molar-refractivity contribution in [1.29, 1.82) is 0 Å². The van der Waals surface area contributed by atoms with Crippen molar-refractivity contribution in [1.82, 2.24) is 9.97 Å². The Hall–Kier alpha value is -3.74. The van der Waals surface area contributed by atoms with Crippen LogP contribution < -0.4 is 9.64 Å². The van der Waals surface area contributed by atoms with Crippen LogP contribution in [0.1, 0.15) is 22.4 Å². The quantitative estimate of drug-likeness (QED) is 0.620. The molecule has 0 spiro atoms. The first-order chi connectivity index (χ1) is 14.4. The lowest BCUT2D eigenvalue weighted by Crippen LogP contribution is -2.38. The lowest BCUT2D eigenvalue weighted by Gasteiger charge is -2.22. The Bertz CT molecular complexity index is 1050. The van der Waals surface area contributed by atoms with Crippen LogP contribution >= 0.6 is 0 Å². The zero-order valence-corrected chi connectivity index (χ0v) is 17.4. The highest BCUT2D eigenvalue weighted by atomic mass is 16.5.